The van der Waals surface area contributed by atoms with Crippen LogP contribution in [0.4, 0.5) is 5.69 Å². The van der Waals surface area contributed by atoms with Crippen LogP contribution in [-0.2, 0) is 9.53 Å². The first-order valence-electron chi connectivity index (χ1n) is 6.11. The number of nitrogens with one attached hydrogen (secondary N) is 2. The first-order valence-corrected chi connectivity index (χ1v) is 7.10. The molecule has 0 unspecified atom stereocenters. The molecular weight excluding hydrogens is 308 g/mol. The van der Waals surface area contributed by atoms with Crippen LogP contribution in [0.25, 0.3) is 0 Å². The average molecular weight is 320 g/mol. The standard InChI is InChI=1S/C13H12N4O4S/c1-21-12(19)8-3-2-4-9(5-8)15-10(18)7-22-11-6-14-17-13(20)16-11/h2-6H,7H2,1H3,(H,15,18)(H,16,17,20). The number of H-pyrrole nitrogens is 1. The van der Waals surface area contributed by atoms with Crippen molar-refractivity contribution in [2.75, 3.05) is 18.2 Å². The van der Waals surface area contributed by atoms with Crippen molar-refractivity contribution in [3.8, 4) is 0 Å². The molecule has 0 bridgehead atoms. The number of carbonyl (C=O) groups is 2. The summed E-state index contributed by atoms with van der Waals surface area (Å²) in [6.45, 7) is 0. The lowest BCUT2D eigenvalue weighted by atomic mass is 10.2. The van der Waals surface area contributed by atoms with Gasteiger partial charge >= 0.3 is 11.7 Å². The number of aromatic amines is 1. The molecule has 0 atom stereocenters. The predicted molar refractivity (Wildman–Crippen MR) is 79.8 cm³/mol. The van der Waals surface area contributed by atoms with Gasteiger partial charge in [0.1, 0.15) is 5.03 Å². The Bertz CT molecular complexity index is 747. The summed E-state index contributed by atoms with van der Waals surface area (Å²) in [6.07, 6.45) is 1.36. The summed E-state index contributed by atoms with van der Waals surface area (Å²) in [7, 11) is 1.28. The lowest BCUT2D eigenvalue weighted by molar-refractivity contribution is -0.113. The number of esters is 1. The maximum Gasteiger partial charge on any atom is 0.362 e. The Balaban J connectivity index is 1.94. The van der Waals surface area contributed by atoms with Gasteiger partial charge in [0.25, 0.3) is 0 Å². The van der Waals surface area contributed by atoms with Crippen molar-refractivity contribution in [2.24, 2.45) is 0 Å². The fourth-order valence-electron chi connectivity index (χ4n) is 1.54. The summed E-state index contributed by atoms with van der Waals surface area (Å²) in [5.41, 5.74) is 0.245. The molecule has 8 nitrogen and oxygen atoms in total. The van der Waals surface area contributed by atoms with Crippen LogP contribution in [0.15, 0.2) is 40.3 Å². The molecule has 1 heterocycles. The van der Waals surface area contributed by atoms with E-state index >= 15 is 0 Å². The van der Waals surface area contributed by atoms with E-state index in [4.69, 9.17) is 0 Å². The first kappa shape index (κ1) is 15.7. The van der Waals surface area contributed by atoms with Crippen LogP contribution in [0, 0.1) is 0 Å². The zero-order chi connectivity index (χ0) is 15.9. The van der Waals surface area contributed by atoms with Gasteiger partial charge in [-0.2, -0.15) is 10.1 Å². The normalized spacial score (nSPS) is 10.0. The molecule has 114 valence electrons. The van der Waals surface area contributed by atoms with E-state index in [2.05, 4.69) is 25.2 Å². The van der Waals surface area contributed by atoms with E-state index in [0.717, 1.165) is 11.8 Å². The molecule has 2 rings (SSSR count). The third kappa shape index (κ3) is 4.42. The smallest absolute Gasteiger partial charge is 0.362 e. The number of nitrogens with zero attached hydrogens (tertiary/aromatic N) is 2. The van der Waals surface area contributed by atoms with E-state index in [0.29, 0.717) is 16.3 Å². The fourth-order valence-corrected chi connectivity index (χ4v) is 2.17. The second kappa shape index (κ2) is 7.36. The van der Waals surface area contributed by atoms with Crippen molar-refractivity contribution in [3.05, 3.63) is 46.5 Å². The molecular formula is C13H12N4O4S. The maximum atomic E-state index is 11.8. The van der Waals surface area contributed by atoms with Crippen molar-refractivity contribution < 1.29 is 14.3 Å². The van der Waals surface area contributed by atoms with Crippen LogP contribution in [-0.4, -0.2) is 39.9 Å². The van der Waals surface area contributed by atoms with Crippen molar-refractivity contribution >= 4 is 29.3 Å². The number of aromatic nitrogens is 3. The van der Waals surface area contributed by atoms with Crippen molar-refractivity contribution in [3.63, 3.8) is 0 Å². The third-order valence-corrected chi connectivity index (χ3v) is 3.36. The van der Waals surface area contributed by atoms with Crippen LogP contribution < -0.4 is 11.0 Å². The maximum absolute atomic E-state index is 11.8. The van der Waals surface area contributed by atoms with Crippen LogP contribution in [0.5, 0.6) is 0 Å². The van der Waals surface area contributed by atoms with Gasteiger partial charge in [0.05, 0.1) is 24.6 Å². The number of benzene rings is 1. The molecule has 2 aromatic rings. The van der Waals surface area contributed by atoms with E-state index in [1.165, 1.54) is 19.4 Å². The zero-order valence-electron chi connectivity index (χ0n) is 11.5. The largest absolute Gasteiger partial charge is 0.465 e. The van der Waals surface area contributed by atoms with Gasteiger partial charge in [-0.3, -0.25) is 4.79 Å². The number of rotatable bonds is 5. The number of methoxy groups -OCH3 is 1. The molecule has 0 fully saturated rings. The molecule has 1 aromatic heterocycles. The second-order valence-corrected chi connectivity index (χ2v) is 5.03. The molecule has 0 saturated carbocycles. The Morgan fingerprint density at radius 2 is 2.23 bits per heavy atom. The quantitative estimate of drug-likeness (QED) is 0.615. The number of anilines is 1. The highest BCUT2D eigenvalue weighted by molar-refractivity contribution is 7.99. The van der Waals surface area contributed by atoms with E-state index in [1.807, 2.05) is 0 Å². The summed E-state index contributed by atoms with van der Waals surface area (Å²) < 4.78 is 4.61. The van der Waals surface area contributed by atoms with Gasteiger partial charge < -0.3 is 10.1 Å². The Morgan fingerprint density at radius 3 is 2.95 bits per heavy atom. The molecule has 1 aromatic carbocycles. The monoisotopic (exact) mass is 320 g/mol. The van der Waals surface area contributed by atoms with Crippen molar-refractivity contribution in [1.29, 1.82) is 0 Å². The number of ether oxygens (including phenoxy) is 1. The molecule has 0 saturated heterocycles. The highest BCUT2D eigenvalue weighted by Crippen LogP contribution is 2.14. The second-order valence-electron chi connectivity index (χ2n) is 4.03. The molecule has 0 spiro atoms. The number of hydrogen-bond donors (Lipinski definition) is 2. The molecule has 0 aliphatic carbocycles. The molecule has 1 amide bonds. The van der Waals surface area contributed by atoms with Crippen LogP contribution >= 0.6 is 11.8 Å². The molecule has 22 heavy (non-hydrogen) atoms. The van der Waals surface area contributed by atoms with E-state index in [9.17, 15) is 14.4 Å². The minimum Gasteiger partial charge on any atom is -0.465 e. The summed E-state index contributed by atoms with van der Waals surface area (Å²) in [5.74, 6) is -0.723. The van der Waals surface area contributed by atoms with E-state index in [1.54, 1.807) is 18.2 Å². The Kier molecular flexibility index (Phi) is 5.26. The van der Waals surface area contributed by atoms with Crippen LogP contribution in [0.2, 0.25) is 0 Å². The molecule has 0 aliphatic rings. The number of amides is 1. The van der Waals surface area contributed by atoms with Gasteiger partial charge in [-0.1, -0.05) is 17.8 Å². The lowest BCUT2D eigenvalue weighted by Crippen LogP contribution is -2.16. The van der Waals surface area contributed by atoms with Gasteiger partial charge in [0.15, 0.2) is 0 Å². The summed E-state index contributed by atoms with van der Waals surface area (Å²) in [6, 6.07) is 6.39. The topological polar surface area (TPSA) is 114 Å². The molecule has 0 aliphatic heterocycles. The van der Waals surface area contributed by atoms with Crippen LogP contribution in [0.1, 0.15) is 10.4 Å². The number of thioether (sulfide) groups is 1. The van der Waals surface area contributed by atoms with Crippen molar-refractivity contribution in [2.45, 2.75) is 5.03 Å². The van der Waals surface area contributed by atoms with Gasteiger partial charge in [-0.05, 0) is 18.2 Å². The first-order chi connectivity index (χ1) is 10.6. The minimum atomic E-state index is -0.573. The Hall–Kier alpha value is -2.68. The highest BCUT2D eigenvalue weighted by Gasteiger charge is 2.08. The molecule has 0 radical (unpaired) electrons. The third-order valence-electron chi connectivity index (χ3n) is 2.47. The fraction of sp³-hybridized carbons (Fsp3) is 0.154. The summed E-state index contributed by atoms with van der Waals surface area (Å²) in [5, 5.41) is 8.72. The SMILES string of the molecule is COC(=O)c1cccc(NC(=O)CSc2cn[nH]c(=O)n2)c1. The number of carbonyl (C=O) groups excluding carboxylic acids is 2. The van der Waals surface area contributed by atoms with Crippen molar-refractivity contribution in [1.82, 2.24) is 15.2 Å². The highest BCUT2D eigenvalue weighted by atomic mass is 32.2. The van der Waals surface area contributed by atoms with E-state index < -0.39 is 11.7 Å². The summed E-state index contributed by atoms with van der Waals surface area (Å²) in [4.78, 5) is 37.9. The molecule has 2 N–H and O–H groups in total. The predicted octanol–water partition coefficient (Wildman–Crippen LogP) is 0.682. The average Bonchev–Trinajstić information content (AvgIpc) is 2.52. The van der Waals surface area contributed by atoms with E-state index in [-0.39, 0.29) is 11.7 Å². The molecule has 9 heteroatoms. The lowest BCUT2D eigenvalue weighted by Gasteiger charge is -2.06. The zero-order valence-corrected chi connectivity index (χ0v) is 12.3. The Labute approximate surface area is 129 Å². The van der Waals surface area contributed by atoms with Gasteiger partial charge in [-0.25, -0.2) is 14.7 Å². The summed E-state index contributed by atoms with van der Waals surface area (Å²) >= 11 is 1.08. The number of hydrogen-bond acceptors (Lipinski definition) is 7. The van der Waals surface area contributed by atoms with Gasteiger partial charge in [0, 0.05) is 5.69 Å². The van der Waals surface area contributed by atoms with Gasteiger partial charge in [-0.15, -0.1) is 0 Å². The van der Waals surface area contributed by atoms with Gasteiger partial charge in [0.2, 0.25) is 5.91 Å². The minimum absolute atomic E-state index is 0.0561. The van der Waals surface area contributed by atoms with Crippen LogP contribution in [0.3, 0.4) is 0 Å². The Morgan fingerprint density at radius 1 is 1.41 bits per heavy atom.